The summed E-state index contributed by atoms with van der Waals surface area (Å²) in [6.07, 6.45) is -1.43. The lowest BCUT2D eigenvalue weighted by molar-refractivity contribution is -0.152. The molecular formula is C8H10O9. The van der Waals surface area contributed by atoms with E-state index in [1.54, 1.807) is 0 Å². The molecule has 0 heterocycles. The number of carboxylic acid groups (broad SMARTS) is 4. The lowest BCUT2D eigenvalue weighted by atomic mass is 10.3. The molecule has 0 aromatic carbocycles. The Morgan fingerprint density at radius 1 is 0.882 bits per heavy atom. The zero-order chi connectivity index (χ0) is 14.0. The molecule has 0 spiro atoms. The van der Waals surface area contributed by atoms with Gasteiger partial charge in [-0.15, -0.1) is 0 Å². The van der Waals surface area contributed by atoms with E-state index in [1.165, 1.54) is 0 Å². The van der Waals surface area contributed by atoms with Crippen LogP contribution in [0.25, 0.3) is 0 Å². The molecule has 1 atom stereocenters. The minimum absolute atomic E-state index is 0.558. The summed E-state index contributed by atoms with van der Waals surface area (Å²) in [5, 5.41) is 39.8. The van der Waals surface area contributed by atoms with Crippen molar-refractivity contribution >= 4 is 23.9 Å². The SMILES string of the molecule is O=C(O)/C=C/C(=O)O.O=C(O)C[C@H](O)C(=O)O. The molecular weight excluding hydrogens is 240 g/mol. The molecule has 0 aliphatic heterocycles. The molecule has 96 valence electrons. The van der Waals surface area contributed by atoms with Crippen LogP contribution in [-0.2, 0) is 19.2 Å². The summed E-state index contributed by atoms with van der Waals surface area (Å²) in [5.41, 5.74) is 0. The van der Waals surface area contributed by atoms with Crippen LogP contribution in [0.2, 0.25) is 0 Å². The Morgan fingerprint density at radius 2 is 1.24 bits per heavy atom. The van der Waals surface area contributed by atoms with Gasteiger partial charge in [0.1, 0.15) is 0 Å². The summed E-state index contributed by atoms with van der Waals surface area (Å²) in [4.78, 5) is 38.5. The number of aliphatic carboxylic acids is 4. The van der Waals surface area contributed by atoms with Gasteiger partial charge in [0.2, 0.25) is 0 Å². The summed E-state index contributed by atoms with van der Waals surface area (Å²) in [6, 6.07) is 0. The Bertz CT molecular complexity index is 314. The molecule has 0 fully saturated rings. The van der Waals surface area contributed by atoms with E-state index in [1.807, 2.05) is 0 Å². The predicted octanol–water partition coefficient (Wildman–Crippen LogP) is -1.38. The molecule has 17 heavy (non-hydrogen) atoms. The smallest absolute Gasteiger partial charge is 0.333 e. The van der Waals surface area contributed by atoms with Gasteiger partial charge in [-0.05, 0) is 0 Å². The number of carboxylic acids is 4. The normalized spacial score (nSPS) is 11.1. The fourth-order valence-corrected chi connectivity index (χ4v) is 0.395. The van der Waals surface area contributed by atoms with Gasteiger partial charge in [0.25, 0.3) is 0 Å². The van der Waals surface area contributed by atoms with Crippen LogP contribution in [0.5, 0.6) is 0 Å². The van der Waals surface area contributed by atoms with Gasteiger partial charge in [0.05, 0.1) is 6.42 Å². The van der Waals surface area contributed by atoms with E-state index in [2.05, 4.69) is 0 Å². The van der Waals surface area contributed by atoms with Crippen molar-refractivity contribution in [2.45, 2.75) is 12.5 Å². The summed E-state index contributed by atoms with van der Waals surface area (Å²) >= 11 is 0. The van der Waals surface area contributed by atoms with Crippen molar-refractivity contribution < 1.29 is 44.7 Å². The molecule has 0 aromatic heterocycles. The third-order valence-corrected chi connectivity index (χ3v) is 1.02. The van der Waals surface area contributed by atoms with Gasteiger partial charge in [-0.1, -0.05) is 0 Å². The van der Waals surface area contributed by atoms with Gasteiger partial charge in [0, 0.05) is 12.2 Å². The zero-order valence-corrected chi connectivity index (χ0v) is 8.31. The number of rotatable bonds is 5. The summed E-state index contributed by atoms with van der Waals surface area (Å²) in [7, 11) is 0. The highest BCUT2D eigenvalue weighted by molar-refractivity contribution is 5.89. The second-order valence-corrected chi connectivity index (χ2v) is 2.46. The lowest BCUT2D eigenvalue weighted by Crippen LogP contribution is -2.22. The standard InChI is InChI=1S/C4H6O5.C4H4O4/c5-2(4(8)9)1-3(6)7;5-3(6)1-2-4(7)8/h2,5H,1H2,(H,6,7)(H,8,9);1-2H,(H,5,6)(H,7,8)/b;2-1+/t2-;/m0./s1. The summed E-state index contributed by atoms with van der Waals surface area (Å²) in [6.45, 7) is 0. The first-order valence-corrected chi connectivity index (χ1v) is 3.93. The van der Waals surface area contributed by atoms with Crippen molar-refractivity contribution in [3.8, 4) is 0 Å². The molecule has 0 saturated heterocycles. The maximum Gasteiger partial charge on any atom is 0.333 e. The van der Waals surface area contributed by atoms with E-state index in [0.717, 1.165) is 0 Å². The molecule has 9 heteroatoms. The van der Waals surface area contributed by atoms with Crippen LogP contribution < -0.4 is 0 Å². The van der Waals surface area contributed by atoms with E-state index >= 15 is 0 Å². The average molecular weight is 250 g/mol. The fourth-order valence-electron chi connectivity index (χ4n) is 0.395. The van der Waals surface area contributed by atoms with Crippen LogP contribution in [0.1, 0.15) is 6.42 Å². The Labute approximate surface area is 94.2 Å². The minimum atomic E-state index is -1.79. The minimum Gasteiger partial charge on any atom is -0.481 e. The van der Waals surface area contributed by atoms with E-state index in [-0.39, 0.29) is 0 Å². The van der Waals surface area contributed by atoms with Crippen LogP contribution in [0.15, 0.2) is 12.2 Å². The fraction of sp³-hybridized carbons (Fsp3) is 0.250. The number of hydrogen-bond donors (Lipinski definition) is 5. The van der Waals surface area contributed by atoms with Crippen molar-refractivity contribution in [1.82, 2.24) is 0 Å². The van der Waals surface area contributed by atoms with E-state index in [0.29, 0.717) is 12.2 Å². The molecule has 0 radical (unpaired) electrons. The van der Waals surface area contributed by atoms with Gasteiger partial charge < -0.3 is 25.5 Å². The molecule has 5 N–H and O–H groups in total. The van der Waals surface area contributed by atoms with Crippen LogP contribution >= 0.6 is 0 Å². The van der Waals surface area contributed by atoms with Crippen molar-refractivity contribution in [2.24, 2.45) is 0 Å². The number of carbonyl (C=O) groups is 4. The topological polar surface area (TPSA) is 169 Å². The predicted molar refractivity (Wildman–Crippen MR) is 50.3 cm³/mol. The maximum atomic E-state index is 9.72. The first kappa shape index (κ1) is 17.0. The third-order valence-electron chi connectivity index (χ3n) is 1.02. The van der Waals surface area contributed by atoms with Gasteiger partial charge >= 0.3 is 23.9 Å². The Morgan fingerprint density at radius 3 is 1.35 bits per heavy atom. The molecule has 0 aliphatic rings. The Balaban J connectivity index is 0. The van der Waals surface area contributed by atoms with Gasteiger partial charge in [0.15, 0.2) is 6.10 Å². The average Bonchev–Trinajstić information content (AvgIpc) is 2.14. The highest BCUT2D eigenvalue weighted by Crippen LogP contribution is 1.89. The molecule has 0 aromatic rings. The van der Waals surface area contributed by atoms with Crippen LogP contribution in [-0.4, -0.2) is 55.5 Å². The van der Waals surface area contributed by atoms with Crippen LogP contribution in [0.4, 0.5) is 0 Å². The second-order valence-electron chi connectivity index (χ2n) is 2.46. The third kappa shape index (κ3) is 16.3. The van der Waals surface area contributed by atoms with E-state index < -0.39 is 36.4 Å². The van der Waals surface area contributed by atoms with Gasteiger partial charge in [-0.25, -0.2) is 14.4 Å². The molecule has 0 aliphatic carbocycles. The number of aliphatic hydroxyl groups is 1. The number of hydrogen-bond acceptors (Lipinski definition) is 5. The Kier molecular flexibility index (Phi) is 8.85. The van der Waals surface area contributed by atoms with Crippen molar-refractivity contribution in [3.63, 3.8) is 0 Å². The summed E-state index contributed by atoms with van der Waals surface area (Å²) < 4.78 is 0. The maximum absolute atomic E-state index is 9.72. The monoisotopic (exact) mass is 250 g/mol. The van der Waals surface area contributed by atoms with Crippen LogP contribution in [0.3, 0.4) is 0 Å². The highest BCUT2D eigenvalue weighted by Gasteiger charge is 2.16. The lowest BCUT2D eigenvalue weighted by Gasteiger charge is -1.97. The quantitative estimate of drug-likeness (QED) is 0.369. The van der Waals surface area contributed by atoms with Gasteiger partial charge in [-0.2, -0.15) is 0 Å². The Hall–Kier alpha value is -2.42. The largest absolute Gasteiger partial charge is 0.481 e. The molecule has 0 bridgehead atoms. The second kappa shape index (κ2) is 8.85. The molecule has 0 saturated carbocycles. The zero-order valence-electron chi connectivity index (χ0n) is 8.31. The highest BCUT2D eigenvalue weighted by atomic mass is 16.4. The van der Waals surface area contributed by atoms with E-state index in [9.17, 15) is 19.2 Å². The molecule has 9 nitrogen and oxygen atoms in total. The first-order valence-electron chi connectivity index (χ1n) is 3.93. The molecule has 0 unspecified atom stereocenters. The van der Waals surface area contributed by atoms with Crippen molar-refractivity contribution in [3.05, 3.63) is 12.2 Å². The van der Waals surface area contributed by atoms with Crippen LogP contribution in [0, 0.1) is 0 Å². The molecule has 0 rings (SSSR count). The van der Waals surface area contributed by atoms with Crippen molar-refractivity contribution in [1.29, 1.82) is 0 Å². The number of aliphatic hydroxyl groups excluding tert-OH is 1. The first-order chi connectivity index (χ1) is 7.66. The van der Waals surface area contributed by atoms with Crippen molar-refractivity contribution in [2.75, 3.05) is 0 Å². The van der Waals surface area contributed by atoms with E-state index in [4.69, 9.17) is 25.5 Å². The van der Waals surface area contributed by atoms with Gasteiger partial charge in [-0.3, -0.25) is 4.79 Å². The molecule has 0 amide bonds. The summed E-state index contributed by atoms with van der Waals surface area (Å²) in [5.74, 6) is -5.36.